The van der Waals surface area contributed by atoms with Crippen LogP contribution in [0.2, 0.25) is 0 Å². The Balaban J connectivity index is 1.60. The number of aryl methyl sites for hydroxylation is 2. The van der Waals surface area contributed by atoms with Crippen LogP contribution in [-0.2, 0) is 0 Å². The van der Waals surface area contributed by atoms with Crippen molar-refractivity contribution >= 4 is 16.5 Å². The number of hydrogen-bond donors (Lipinski definition) is 0. The second-order valence-corrected chi connectivity index (χ2v) is 7.91. The predicted molar refractivity (Wildman–Crippen MR) is 110 cm³/mol. The van der Waals surface area contributed by atoms with Crippen LogP contribution >= 0.6 is 0 Å². The van der Waals surface area contributed by atoms with Gasteiger partial charge in [-0.1, -0.05) is 31.4 Å². The van der Waals surface area contributed by atoms with Crippen molar-refractivity contribution in [2.24, 2.45) is 0 Å². The minimum atomic E-state index is -0.348. The highest BCUT2D eigenvalue weighted by atomic mass is 16.4. The Morgan fingerprint density at radius 1 is 1.07 bits per heavy atom. The van der Waals surface area contributed by atoms with Gasteiger partial charge in [0.15, 0.2) is 0 Å². The predicted octanol–water partition coefficient (Wildman–Crippen LogP) is 5.17. The summed E-state index contributed by atoms with van der Waals surface area (Å²) in [6, 6.07) is 10.1. The first-order valence-corrected chi connectivity index (χ1v) is 10.0. The third kappa shape index (κ3) is 2.91. The summed E-state index contributed by atoms with van der Waals surface area (Å²) in [4.78, 5) is 17.2. The van der Waals surface area contributed by atoms with Crippen molar-refractivity contribution in [3.05, 3.63) is 63.9 Å². The molecule has 1 aliphatic carbocycles. The topological polar surface area (TPSA) is 60.4 Å². The molecule has 1 fully saturated rings. The summed E-state index contributed by atoms with van der Waals surface area (Å²) in [5.74, 6) is 0.584. The molecule has 0 aliphatic heterocycles. The molecular weight excluding hydrogens is 350 g/mol. The maximum Gasteiger partial charge on any atom is 0.345 e. The minimum Gasteiger partial charge on any atom is -0.422 e. The smallest absolute Gasteiger partial charge is 0.345 e. The maximum absolute atomic E-state index is 12.7. The van der Waals surface area contributed by atoms with Crippen molar-refractivity contribution in [3.63, 3.8) is 0 Å². The van der Waals surface area contributed by atoms with E-state index in [1.165, 1.54) is 37.7 Å². The molecule has 0 spiro atoms. The summed E-state index contributed by atoms with van der Waals surface area (Å²) >= 11 is 0. The fraction of sp³-hybridized carbons (Fsp3) is 0.348. The van der Waals surface area contributed by atoms with Crippen molar-refractivity contribution in [2.75, 3.05) is 0 Å². The zero-order chi connectivity index (χ0) is 19.3. The van der Waals surface area contributed by atoms with Gasteiger partial charge in [0.1, 0.15) is 11.3 Å². The van der Waals surface area contributed by atoms with E-state index < -0.39 is 0 Å². The van der Waals surface area contributed by atoms with Crippen LogP contribution in [0.4, 0.5) is 0 Å². The normalized spacial score (nSPS) is 15.5. The first-order valence-electron chi connectivity index (χ1n) is 10.0. The lowest BCUT2D eigenvalue weighted by Crippen LogP contribution is -2.06. The SMILES string of the molecule is Cc1cn2nc(-c3cc4ccc(C5CCCCC5)cc4oc3=O)cc2c(C)n1. The van der Waals surface area contributed by atoms with Crippen LogP contribution in [0.3, 0.4) is 0 Å². The maximum atomic E-state index is 12.7. The van der Waals surface area contributed by atoms with E-state index in [1.807, 2.05) is 32.2 Å². The van der Waals surface area contributed by atoms with Gasteiger partial charge in [-0.15, -0.1) is 0 Å². The highest BCUT2D eigenvalue weighted by molar-refractivity contribution is 5.82. The molecule has 3 aromatic heterocycles. The molecule has 5 heteroatoms. The highest BCUT2D eigenvalue weighted by Crippen LogP contribution is 2.34. The quantitative estimate of drug-likeness (QED) is 0.455. The van der Waals surface area contributed by atoms with E-state index in [0.29, 0.717) is 22.8 Å². The zero-order valence-electron chi connectivity index (χ0n) is 16.2. The van der Waals surface area contributed by atoms with Gasteiger partial charge < -0.3 is 4.42 Å². The molecule has 3 heterocycles. The van der Waals surface area contributed by atoms with Gasteiger partial charge in [-0.25, -0.2) is 9.31 Å². The van der Waals surface area contributed by atoms with E-state index in [9.17, 15) is 4.79 Å². The molecule has 0 amide bonds. The molecule has 0 N–H and O–H groups in total. The molecular formula is C23H23N3O2. The van der Waals surface area contributed by atoms with E-state index in [4.69, 9.17) is 4.42 Å². The van der Waals surface area contributed by atoms with Crippen molar-refractivity contribution in [1.82, 2.24) is 14.6 Å². The number of nitrogens with zero attached hydrogens (tertiary/aromatic N) is 3. The Labute approximate surface area is 163 Å². The van der Waals surface area contributed by atoms with Crippen LogP contribution in [0.25, 0.3) is 27.7 Å². The van der Waals surface area contributed by atoms with Crippen molar-refractivity contribution < 1.29 is 4.42 Å². The van der Waals surface area contributed by atoms with Crippen LogP contribution in [0.5, 0.6) is 0 Å². The van der Waals surface area contributed by atoms with Crippen LogP contribution < -0.4 is 5.63 Å². The molecule has 1 saturated carbocycles. The lowest BCUT2D eigenvalue weighted by molar-refractivity contribution is 0.443. The lowest BCUT2D eigenvalue weighted by Gasteiger charge is -2.22. The van der Waals surface area contributed by atoms with Crippen LogP contribution in [0.15, 0.2) is 45.7 Å². The average molecular weight is 373 g/mol. The fourth-order valence-electron chi connectivity index (χ4n) is 4.42. The van der Waals surface area contributed by atoms with Crippen LogP contribution in [-0.4, -0.2) is 14.6 Å². The largest absolute Gasteiger partial charge is 0.422 e. The van der Waals surface area contributed by atoms with Gasteiger partial charge in [-0.2, -0.15) is 5.10 Å². The van der Waals surface area contributed by atoms with E-state index in [-0.39, 0.29) is 5.63 Å². The molecule has 142 valence electrons. The summed E-state index contributed by atoms with van der Waals surface area (Å²) in [5, 5.41) is 5.51. The number of fused-ring (bicyclic) bond motifs is 2. The van der Waals surface area contributed by atoms with Gasteiger partial charge in [0, 0.05) is 5.39 Å². The first kappa shape index (κ1) is 17.2. The first-order chi connectivity index (χ1) is 13.6. The van der Waals surface area contributed by atoms with Crippen molar-refractivity contribution in [3.8, 4) is 11.3 Å². The Kier molecular flexibility index (Phi) is 4.04. The molecule has 28 heavy (non-hydrogen) atoms. The molecule has 1 aliphatic rings. The van der Waals surface area contributed by atoms with Gasteiger partial charge in [0.25, 0.3) is 0 Å². The van der Waals surface area contributed by atoms with Gasteiger partial charge in [-0.3, -0.25) is 4.98 Å². The van der Waals surface area contributed by atoms with E-state index >= 15 is 0 Å². The number of benzene rings is 1. The van der Waals surface area contributed by atoms with Crippen LogP contribution in [0, 0.1) is 13.8 Å². The summed E-state index contributed by atoms with van der Waals surface area (Å²) < 4.78 is 7.49. The van der Waals surface area contributed by atoms with Crippen molar-refractivity contribution in [2.45, 2.75) is 51.9 Å². The summed E-state index contributed by atoms with van der Waals surface area (Å²) in [6.45, 7) is 3.88. The monoisotopic (exact) mass is 373 g/mol. The molecule has 1 aromatic carbocycles. The zero-order valence-corrected chi connectivity index (χ0v) is 16.2. The van der Waals surface area contributed by atoms with Gasteiger partial charge in [-0.05, 0) is 56.4 Å². The third-order valence-corrected chi connectivity index (χ3v) is 5.87. The Morgan fingerprint density at radius 2 is 1.89 bits per heavy atom. The van der Waals surface area contributed by atoms with Gasteiger partial charge >= 0.3 is 5.63 Å². The van der Waals surface area contributed by atoms with Crippen molar-refractivity contribution in [1.29, 1.82) is 0 Å². The van der Waals surface area contributed by atoms with Gasteiger partial charge in [0.05, 0.1) is 28.7 Å². The molecule has 0 saturated heterocycles. The van der Waals surface area contributed by atoms with E-state index in [2.05, 4.69) is 28.3 Å². The summed E-state index contributed by atoms with van der Waals surface area (Å²) in [6.07, 6.45) is 8.21. The molecule has 0 radical (unpaired) electrons. The van der Waals surface area contributed by atoms with E-state index in [1.54, 1.807) is 4.52 Å². The molecule has 0 unspecified atom stereocenters. The number of aromatic nitrogens is 3. The third-order valence-electron chi connectivity index (χ3n) is 5.87. The summed E-state index contributed by atoms with van der Waals surface area (Å²) in [5.41, 5.74) is 5.37. The Hall–Kier alpha value is -2.95. The molecule has 5 nitrogen and oxygen atoms in total. The second-order valence-electron chi connectivity index (χ2n) is 7.91. The number of hydrogen-bond acceptors (Lipinski definition) is 4. The lowest BCUT2D eigenvalue weighted by atomic mass is 9.84. The Bertz CT molecular complexity index is 1250. The molecule has 5 rings (SSSR count). The molecule has 0 atom stereocenters. The van der Waals surface area contributed by atoms with E-state index in [0.717, 1.165) is 22.3 Å². The minimum absolute atomic E-state index is 0.348. The summed E-state index contributed by atoms with van der Waals surface area (Å²) in [7, 11) is 0. The highest BCUT2D eigenvalue weighted by Gasteiger charge is 2.18. The Morgan fingerprint density at radius 3 is 2.71 bits per heavy atom. The van der Waals surface area contributed by atoms with Gasteiger partial charge in [0.2, 0.25) is 0 Å². The second kappa shape index (κ2) is 6.59. The van der Waals surface area contributed by atoms with Crippen LogP contribution in [0.1, 0.15) is 55.0 Å². The standard InChI is InChI=1S/C23H23N3O2/c1-14-13-26-21(15(2)24-14)12-20(25-26)19-10-18-9-8-17(11-22(18)28-23(19)27)16-6-4-3-5-7-16/h8-13,16H,3-7H2,1-2H3. The molecule has 4 aromatic rings. The average Bonchev–Trinajstić information content (AvgIpc) is 3.12. The number of rotatable bonds is 2. The molecule has 0 bridgehead atoms. The fourth-order valence-corrected chi connectivity index (χ4v) is 4.42.